The Hall–Kier alpha value is -1.85. The summed E-state index contributed by atoms with van der Waals surface area (Å²) in [4.78, 5) is 23.2. The lowest BCUT2D eigenvalue weighted by molar-refractivity contribution is 0.0585. The Morgan fingerprint density at radius 1 is 1.15 bits per heavy atom. The summed E-state index contributed by atoms with van der Waals surface area (Å²) >= 11 is 1.70. The number of aromatic nitrogens is 1. The molecular weight excluding hydrogens is 342 g/mol. The number of pyridine rings is 1. The third-order valence-electron chi connectivity index (χ3n) is 5.52. The van der Waals surface area contributed by atoms with E-state index in [0.717, 1.165) is 38.2 Å². The average molecular weight is 368 g/mol. The first-order valence-electron chi connectivity index (χ1n) is 9.29. The predicted octanol–water partition coefficient (Wildman–Crippen LogP) is 3.54. The van der Waals surface area contributed by atoms with Gasteiger partial charge in [-0.3, -0.25) is 14.7 Å². The van der Waals surface area contributed by atoms with Gasteiger partial charge in [0.15, 0.2) is 0 Å². The fourth-order valence-corrected chi connectivity index (χ4v) is 4.61. The lowest BCUT2D eigenvalue weighted by atomic mass is 9.94. The van der Waals surface area contributed by atoms with Gasteiger partial charge >= 0.3 is 0 Å². The van der Waals surface area contributed by atoms with E-state index in [0.29, 0.717) is 12.0 Å². The van der Waals surface area contributed by atoms with Crippen molar-refractivity contribution in [2.45, 2.75) is 30.3 Å². The van der Waals surface area contributed by atoms with E-state index < -0.39 is 0 Å². The fourth-order valence-electron chi connectivity index (χ4n) is 4.21. The zero-order valence-corrected chi connectivity index (χ0v) is 16.0. The molecule has 5 heteroatoms. The Morgan fingerprint density at radius 2 is 2.00 bits per heavy atom. The molecule has 2 bridgehead atoms. The van der Waals surface area contributed by atoms with Crippen LogP contribution in [-0.4, -0.2) is 52.6 Å². The zero-order chi connectivity index (χ0) is 17.9. The van der Waals surface area contributed by atoms with E-state index >= 15 is 0 Å². The minimum absolute atomic E-state index is 0.190. The Morgan fingerprint density at radius 3 is 2.73 bits per heavy atom. The number of fused-ring (bicyclic) bond motifs is 4. The first-order valence-corrected chi connectivity index (χ1v) is 10.5. The number of hydrogen-bond donors (Lipinski definition) is 0. The summed E-state index contributed by atoms with van der Waals surface area (Å²) in [5.41, 5.74) is 2.06. The summed E-state index contributed by atoms with van der Waals surface area (Å²) in [5.74, 6) is 0.760. The van der Waals surface area contributed by atoms with E-state index in [-0.39, 0.29) is 5.91 Å². The molecule has 26 heavy (non-hydrogen) atoms. The van der Waals surface area contributed by atoms with E-state index in [1.807, 2.05) is 42.7 Å². The highest BCUT2D eigenvalue weighted by Gasteiger charge is 2.37. The standard InChI is InChI=1S/C21H25N3OS/c1-26-20-8-5-18(6-9-20)21(25)24-14-17-4-7-19(24)15-23(13-17)12-16-3-2-10-22-11-16/h2-3,5-6,8-11,17,19H,4,7,12-15H2,1H3/t17-,19+/m0/s1. The molecule has 4 nitrogen and oxygen atoms in total. The molecule has 0 saturated carbocycles. The maximum atomic E-state index is 13.1. The number of thioether (sulfide) groups is 1. The summed E-state index contributed by atoms with van der Waals surface area (Å²) in [6.45, 7) is 3.84. The van der Waals surface area contributed by atoms with Crippen LogP contribution in [0.15, 0.2) is 53.7 Å². The third kappa shape index (κ3) is 3.79. The van der Waals surface area contributed by atoms with Gasteiger partial charge in [0.2, 0.25) is 0 Å². The molecule has 0 aliphatic carbocycles. The van der Waals surface area contributed by atoms with Gasteiger partial charge in [-0.1, -0.05) is 6.07 Å². The fraction of sp³-hybridized carbons (Fsp3) is 0.429. The molecule has 3 fully saturated rings. The summed E-state index contributed by atoms with van der Waals surface area (Å²) in [6.07, 6.45) is 8.16. The zero-order valence-electron chi connectivity index (χ0n) is 15.2. The lowest BCUT2D eigenvalue weighted by Gasteiger charge is -2.36. The first-order chi connectivity index (χ1) is 12.7. The van der Waals surface area contributed by atoms with Crippen LogP contribution in [0, 0.1) is 5.92 Å². The van der Waals surface area contributed by atoms with Gasteiger partial charge in [-0.2, -0.15) is 0 Å². The predicted molar refractivity (Wildman–Crippen MR) is 105 cm³/mol. The van der Waals surface area contributed by atoms with Crippen molar-refractivity contribution >= 4 is 17.7 Å². The van der Waals surface area contributed by atoms with Crippen molar-refractivity contribution in [3.63, 3.8) is 0 Å². The highest BCUT2D eigenvalue weighted by molar-refractivity contribution is 7.98. The molecule has 5 rings (SSSR count). The number of piperidine rings is 1. The highest BCUT2D eigenvalue weighted by Crippen LogP contribution is 2.30. The van der Waals surface area contributed by atoms with Gasteiger partial charge in [0.25, 0.3) is 5.91 Å². The van der Waals surface area contributed by atoms with Gasteiger partial charge in [0.05, 0.1) is 0 Å². The maximum absolute atomic E-state index is 13.1. The Kier molecular flexibility index (Phi) is 5.27. The van der Waals surface area contributed by atoms with Crippen LogP contribution in [0.25, 0.3) is 0 Å². The molecule has 2 atom stereocenters. The molecule has 0 spiro atoms. The molecule has 0 unspecified atom stereocenters. The molecule has 2 aromatic rings. The van der Waals surface area contributed by atoms with Crippen molar-refractivity contribution < 1.29 is 4.79 Å². The molecule has 136 valence electrons. The topological polar surface area (TPSA) is 36.4 Å². The molecule has 4 heterocycles. The number of rotatable bonds is 4. The number of hydrogen-bond acceptors (Lipinski definition) is 4. The highest BCUT2D eigenvalue weighted by atomic mass is 32.2. The second-order valence-corrected chi connectivity index (χ2v) is 8.22. The van der Waals surface area contributed by atoms with E-state index in [2.05, 4.69) is 27.1 Å². The number of carbonyl (C=O) groups is 1. The largest absolute Gasteiger partial charge is 0.334 e. The SMILES string of the molecule is CSc1ccc(C(=O)N2C[C@H]3CC[C@@H]2CN(Cc2cccnc2)C3)cc1. The van der Waals surface area contributed by atoms with Gasteiger partial charge in [-0.05, 0) is 60.9 Å². The van der Waals surface area contributed by atoms with Crippen molar-refractivity contribution in [3.8, 4) is 0 Å². The number of benzene rings is 1. The lowest BCUT2D eigenvalue weighted by Crippen LogP contribution is -2.47. The molecule has 3 aliphatic rings. The van der Waals surface area contributed by atoms with Crippen LogP contribution in [0.2, 0.25) is 0 Å². The molecule has 3 aliphatic heterocycles. The van der Waals surface area contributed by atoms with Crippen molar-refractivity contribution in [1.29, 1.82) is 0 Å². The van der Waals surface area contributed by atoms with Crippen LogP contribution in [0.5, 0.6) is 0 Å². The second-order valence-electron chi connectivity index (χ2n) is 7.34. The van der Waals surface area contributed by atoms with Crippen LogP contribution in [-0.2, 0) is 6.54 Å². The molecule has 1 aromatic heterocycles. The summed E-state index contributed by atoms with van der Waals surface area (Å²) < 4.78 is 0. The van der Waals surface area contributed by atoms with Gasteiger partial charge in [0.1, 0.15) is 0 Å². The second kappa shape index (κ2) is 7.80. The van der Waals surface area contributed by atoms with Gasteiger partial charge in [-0.25, -0.2) is 0 Å². The van der Waals surface area contributed by atoms with Crippen LogP contribution < -0.4 is 0 Å². The van der Waals surface area contributed by atoms with Gasteiger partial charge < -0.3 is 4.90 Å². The van der Waals surface area contributed by atoms with E-state index in [9.17, 15) is 4.79 Å². The average Bonchev–Trinajstić information content (AvgIpc) is 2.99. The van der Waals surface area contributed by atoms with Crippen LogP contribution >= 0.6 is 11.8 Å². The van der Waals surface area contributed by atoms with Crippen molar-refractivity contribution in [2.75, 3.05) is 25.9 Å². The maximum Gasteiger partial charge on any atom is 0.254 e. The van der Waals surface area contributed by atoms with Crippen molar-refractivity contribution in [2.24, 2.45) is 5.92 Å². The van der Waals surface area contributed by atoms with E-state index in [1.54, 1.807) is 11.8 Å². The minimum atomic E-state index is 0.190. The summed E-state index contributed by atoms with van der Waals surface area (Å²) in [7, 11) is 0. The minimum Gasteiger partial charge on any atom is -0.334 e. The third-order valence-corrected chi connectivity index (χ3v) is 6.26. The summed E-state index contributed by atoms with van der Waals surface area (Å²) in [6, 6.07) is 12.5. The monoisotopic (exact) mass is 367 g/mol. The van der Waals surface area contributed by atoms with Crippen LogP contribution in [0.4, 0.5) is 0 Å². The smallest absolute Gasteiger partial charge is 0.254 e. The number of amides is 1. The normalized spacial score (nSPS) is 23.0. The first kappa shape index (κ1) is 17.6. The van der Waals surface area contributed by atoms with Crippen molar-refractivity contribution in [3.05, 3.63) is 59.9 Å². The Balaban J connectivity index is 1.48. The van der Waals surface area contributed by atoms with Crippen LogP contribution in [0.1, 0.15) is 28.8 Å². The van der Waals surface area contributed by atoms with Gasteiger partial charge in [-0.15, -0.1) is 11.8 Å². The molecule has 1 aromatic carbocycles. The number of nitrogens with zero attached hydrogens (tertiary/aromatic N) is 3. The van der Waals surface area contributed by atoms with Crippen LogP contribution in [0.3, 0.4) is 0 Å². The van der Waals surface area contributed by atoms with E-state index in [1.165, 1.54) is 16.9 Å². The molecular formula is C21H25N3OS. The molecule has 1 amide bonds. The Bertz CT molecular complexity index is 750. The summed E-state index contributed by atoms with van der Waals surface area (Å²) in [5, 5.41) is 0. The van der Waals surface area contributed by atoms with E-state index in [4.69, 9.17) is 0 Å². The Labute approximate surface area is 159 Å². The number of carbonyl (C=O) groups excluding carboxylic acids is 1. The molecule has 0 N–H and O–H groups in total. The molecule has 3 saturated heterocycles. The quantitative estimate of drug-likeness (QED) is 0.775. The van der Waals surface area contributed by atoms with Crippen molar-refractivity contribution in [1.82, 2.24) is 14.8 Å². The molecule has 0 radical (unpaired) electrons. The van der Waals surface area contributed by atoms with Gasteiger partial charge in [0, 0.05) is 55.1 Å².